The van der Waals surface area contributed by atoms with E-state index < -0.39 is 11.5 Å². The number of hydrogen-bond donors (Lipinski definition) is 2. The minimum atomic E-state index is -0.773. The van der Waals surface area contributed by atoms with Crippen LogP contribution in [0, 0.1) is 26.2 Å². The van der Waals surface area contributed by atoms with E-state index in [0.29, 0.717) is 78.1 Å². The van der Waals surface area contributed by atoms with Crippen LogP contribution in [0.15, 0.2) is 36.7 Å². The summed E-state index contributed by atoms with van der Waals surface area (Å²) in [6, 6.07) is 4.55. The Labute approximate surface area is 277 Å². The Morgan fingerprint density at radius 2 is 1.85 bits per heavy atom. The molecule has 7 rings (SSSR count). The summed E-state index contributed by atoms with van der Waals surface area (Å²) in [7, 11) is 0. The summed E-state index contributed by atoms with van der Waals surface area (Å²) >= 11 is 0. The number of allylic oxidation sites excluding steroid dienone is 1. The molecule has 3 atom stereocenters. The third kappa shape index (κ3) is 5.73. The molecule has 2 N–H and O–H groups in total. The van der Waals surface area contributed by atoms with Crippen LogP contribution < -0.4 is 10.6 Å². The number of aryl methyl sites for hydroxylation is 3. The summed E-state index contributed by atoms with van der Waals surface area (Å²) in [6.45, 7) is 7.14. The van der Waals surface area contributed by atoms with E-state index in [4.69, 9.17) is 4.98 Å². The van der Waals surface area contributed by atoms with Gasteiger partial charge in [0, 0.05) is 60.4 Å². The van der Waals surface area contributed by atoms with Gasteiger partial charge in [0.05, 0.1) is 16.9 Å². The number of pyridine rings is 2. The third-order valence-electron chi connectivity index (χ3n) is 9.62. The molecule has 3 aliphatic rings. The van der Waals surface area contributed by atoms with Crippen molar-refractivity contribution in [3.63, 3.8) is 0 Å². The average molecular weight is 648 g/mol. The van der Waals surface area contributed by atoms with Crippen LogP contribution in [0.3, 0.4) is 0 Å². The molecule has 6 heterocycles. The number of nitrogens with zero attached hydrogens (tertiary/aromatic N) is 7. The van der Waals surface area contributed by atoms with Crippen LogP contribution in [0.2, 0.25) is 0 Å². The van der Waals surface area contributed by atoms with Crippen molar-refractivity contribution in [3.05, 3.63) is 65.1 Å². The molecule has 1 saturated heterocycles. The van der Waals surface area contributed by atoms with E-state index in [1.54, 1.807) is 30.3 Å². The molecule has 2 aliphatic heterocycles. The molecule has 0 unspecified atom stereocenters. The molecule has 13 nitrogen and oxygen atoms in total. The lowest BCUT2D eigenvalue weighted by molar-refractivity contribution is -0.138. The van der Waals surface area contributed by atoms with Crippen molar-refractivity contribution < 1.29 is 19.2 Å². The molecule has 13 heteroatoms. The van der Waals surface area contributed by atoms with E-state index in [9.17, 15) is 19.2 Å². The predicted octanol–water partition coefficient (Wildman–Crippen LogP) is 3.72. The predicted molar refractivity (Wildman–Crippen MR) is 178 cm³/mol. The number of piperidine rings is 1. The number of anilines is 1. The van der Waals surface area contributed by atoms with Crippen LogP contribution in [-0.2, 0) is 20.9 Å². The largest absolute Gasteiger partial charge is 0.355 e. The lowest BCUT2D eigenvalue weighted by Gasteiger charge is -2.27. The molecule has 2 fully saturated rings. The molecule has 246 valence electrons. The third-order valence-corrected chi connectivity index (χ3v) is 9.62. The molecule has 4 aromatic rings. The Kier molecular flexibility index (Phi) is 7.84. The van der Waals surface area contributed by atoms with Gasteiger partial charge in [0.25, 0.3) is 0 Å². The zero-order valence-electron chi connectivity index (χ0n) is 27.4. The van der Waals surface area contributed by atoms with Gasteiger partial charge in [0.1, 0.15) is 29.9 Å². The van der Waals surface area contributed by atoms with Gasteiger partial charge in [-0.15, -0.1) is 0 Å². The number of carbonyl (C=O) groups excluding carboxylic acids is 4. The molecule has 0 radical (unpaired) electrons. The number of carbonyl (C=O) groups is 4. The van der Waals surface area contributed by atoms with Gasteiger partial charge < -0.3 is 15.5 Å². The molecule has 1 saturated carbocycles. The summed E-state index contributed by atoms with van der Waals surface area (Å²) in [5.74, 6) is 0.117. The van der Waals surface area contributed by atoms with E-state index in [1.165, 1.54) is 11.6 Å². The van der Waals surface area contributed by atoms with Gasteiger partial charge in [0.15, 0.2) is 5.78 Å². The van der Waals surface area contributed by atoms with E-state index in [2.05, 4.69) is 30.7 Å². The standard InChI is InChI=1S/C35H37N9O4/c1-19-10-11-20(2)39-33(19)41-34(48)27-13-35-14-28(35)44(27)30(47)17-43-32-24(31(42-43)21(3)45)12-26(23-15-36-22(4)37-16-23)40-25(32)8-6-5-7-9-29(46)38-18-35/h6,8,10-12,15-16,27-28H,5,7,9,13-14,17-18H2,1-4H3,(H,38,46)(H,39,41,48)/t27-,28+,35-/m0/s1. The van der Waals surface area contributed by atoms with Gasteiger partial charge in [-0.2, -0.15) is 5.10 Å². The van der Waals surface area contributed by atoms with E-state index >= 15 is 0 Å². The van der Waals surface area contributed by atoms with Crippen LogP contribution in [-0.4, -0.2) is 76.7 Å². The smallest absolute Gasteiger partial charge is 0.248 e. The Morgan fingerprint density at radius 1 is 1.06 bits per heavy atom. The number of ketones is 1. The average Bonchev–Trinajstić information content (AvgIpc) is 3.46. The molecule has 1 aliphatic carbocycles. The van der Waals surface area contributed by atoms with Crippen LogP contribution in [0.4, 0.5) is 5.82 Å². The first-order valence-electron chi connectivity index (χ1n) is 16.2. The zero-order chi connectivity index (χ0) is 33.7. The van der Waals surface area contributed by atoms with Crippen LogP contribution >= 0.6 is 0 Å². The van der Waals surface area contributed by atoms with Crippen molar-refractivity contribution in [2.24, 2.45) is 5.41 Å². The maximum absolute atomic E-state index is 14.3. The van der Waals surface area contributed by atoms with Gasteiger partial charge in [-0.1, -0.05) is 12.1 Å². The van der Waals surface area contributed by atoms with Crippen LogP contribution in [0.5, 0.6) is 0 Å². The van der Waals surface area contributed by atoms with Crippen molar-refractivity contribution in [2.45, 2.75) is 78.4 Å². The Hall–Kier alpha value is -5.33. The second kappa shape index (κ2) is 12.0. The Bertz CT molecular complexity index is 2020. The SMILES string of the molecule is CC(=O)c1nn2c3c(nc(-c4cnc(C)nc4)cc13)C=CCCCC(=O)NC[C@@]13C[C@@H](C(=O)Nc4nc(C)ccc4C)N(C(=O)C2)[C@@H]1C3. The summed E-state index contributed by atoms with van der Waals surface area (Å²) in [5.41, 5.74) is 3.68. The highest BCUT2D eigenvalue weighted by Crippen LogP contribution is 2.59. The summed E-state index contributed by atoms with van der Waals surface area (Å²) in [6.07, 6.45) is 9.81. The highest BCUT2D eigenvalue weighted by Gasteiger charge is 2.67. The fourth-order valence-corrected chi connectivity index (χ4v) is 6.97. The van der Waals surface area contributed by atoms with Crippen molar-refractivity contribution in [3.8, 4) is 11.3 Å². The molecule has 3 amide bonds. The van der Waals surface area contributed by atoms with Crippen molar-refractivity contribution >= 4 is 46.3 Å². The highest BCUT2D eigenvalue weighted by molar-refractivity contribution is 6.07. The summed E-state index contributed by atoms with van der Waals surface area (Å²) in [5, 5.41) is 11.2. The van der Waals surface area contributed by atoms with Gasteiger partial charge in [-0.3, -0.25) is 23.9 Å². The van der Waals surface area contributed by atoms with Crippen molar-refractivity contribution in [1.29, 1.82) is 0 Å². The maximum atomic E-state index is 14.3. The lowest BCUT2D eigenvalue weighted by atomic mass is 9.98. The molecule has 0 aromatic carbocycles. The summed E-state index contributed by atoms with van der Waals surface area (Å²) < 4.78 is 1.54. The quantitative estimate of drug-likeness (QED) is 0.314. The Balaban J connectivity index is 1.31. The zero-order valence-corrected chi connectivity index (χ0v) is 27.4. The van der Waals surface area contributed by atoms with Crippen molar-refractivity contribution in [1.82, 2.24) is 39.9 Å². The number of nitrogens with one attached hydrogen (secondary N) is 2. The summed E-state index contributed by atoms with van der Waals surface area (Å²) in [4.78, 5) is 73.7. The topological polar surface area (TPSA) is 165 Å². The first-order chi connectivity index (χ1) is 23.0. The maximum Gasteiger partial charge on any atom is 0.248 e. The molecule has 0 spiro atoms. The number of hydrogen-bond acceptors (Lipinski definition) is 9. The number of aromatic nitrogens is 6. The minimum Gasteiger partial charge on any atom is -0.355 e. The van der Waals surface area contributed by atoms with E-state index in [1.807, 2.05) is 38.1 Å². The minimum absolute atomic E-state index is 0.0630. The van der Waals surface area contributed by atoms with E-state index in [0.717, 1.165) is 11.3 Å². The van der Waals surface area contributed by atoms with Gasteiger partial charge in [0.2, 0.25) is 17.7 Å². The Morgan fingerprint density at radius 3 is 2.62 bits per heavy atom. The molecule has 2 bridgehead atoms. The second-order valence-electron chi connectivity index (χ2n) is 13.2. The normalized spacial score (nSPS) is 22.4. The van der Waals surface area contributed by atoms with Gasteiger partial charge in [-0.05, 0) is 70.2 Å². The van der Waals surface area contributed by atoms with Crippen LogP contribution in [0.1, 0.15) is 72.3 Å². The second-order valence-corrected chi connectivity index (χ2v) is 13.2. The van der Waals surface area contributed by atoms with Crippen molar-refractivity contribution in [2.75, 3.05) is 11.9 Å². The number of rotatable bonds is 4. The molecule has 4 aromatic heterocycles. The monoisotopic (exact) mass is 647 g/mol. The first-order valence-corrected chi connectivity index (χ1v) is 16.2. The lowest BCUT2D eigenvalue weighted by Crippen LogP contribution is -2.47. The highest BCUT2D eigenvalue weighted by atomic mass is 16.2. The molecule has 48 heavy (non-hydrogen) atoms. The fourth-order valence-electron chi connectivity index (χ4n) is 6.97. The number of Topliss-reactive ketones (excluding diaryl/α,β-unsaturated/α-hetero) is 1. The fraction of sp³-hybridized carbons (Fsp3) is 0.400. The first kappa shape index (κ1) is 31.3. The van der Waals surface area contributed by atoms with Gasteiger partial charge >= 0.3 is 0 Å². The molecular weight excluding hydrogens is 610 g/mol. The molecular formula is C35H37N9O4. The van der Waals surface area contributed by atoms with E-state index in [-0.39, 0.29) is 41.8 Å². The number of amides is 3. The van der Waals surface area contributed by atoms with Crippen LogP contribution in [0.25, 0.3) is 28.2 Å². The van der Waals surface area contributed by atoms with Gasteiger partial charge in [-0.25, -0.2) is 19.9 Å².